The maximum Gasteiger partial charge on any atom is 0.183 e. The van der Waals surface area contributed by atoms with Crippen LogP contribution in [0.4, 0.5) is 4.39 Å². The summed E-state index contributed by atoms with van der Waals surface area (Å²) >= 11 is 0. The Kier molecular flexibility index (Phi) is 5.73. The van der Waals surface area contributed by atoms with Gasteiger partial charge in [-0.05, 0) is 45.6 Å². The third-order valence-electron chi connectivity index (χ3n) is 6.02. The number of halogens is 1. The molecule has 2 aliphatic rings. The smallest absolute Gasteiger partial charge is 0.183 e. The molecule has 1 aliphatic heterocycles. The summed E-state index contributed by atoms with van der Waals surface area (Å²) in [4.78, 5) is 11.4. The molecular weight excluding hydrogens is 357 g/mol. The molecule has 0 aromatic carbocycles. The molecule has 0 radical (unpaired) electrons. The van der Waals surface area contributed by atoms with E-state index in [1.807, 2.05) is 4.68 Å². The summed E-state index contributed by atoms with van der Waals surface area (Å²) in [6.45, 7) is 9.31. The summed E-state index contributed by atoms with van der Waals surface area (Å²) in [6.07, 6.45) is 7.66. The van der Waals surface area contributed by atoms with Crippen LogP contribution in [0.1, 0.15) is 64.2 Å². The van der Waals surface area contributed by atoms with Crippen molar-refractivity contribution in [3.05, 3.63) is 30.1 Å². The second-order valence-electron chi connectivity index (χ2n) is 8.28. The Morgan fingerprint density at radius 1 is 1.29 bits per heavy atom. The largest absolute Gasteiger partial charge is 0.376 e. The molecule has 4 rings (SSSR count). The topological polar surface area (TPSA) is 56.1 Å². The SMILES string of the molecule is CC[C@H]1CN([C@@H]2CC[C@H](c3nc(-c4cncc(F)c4)nn3C(C)C)C2)CCO1. The molecule has 2 fully saturated rings. The molecule has 0 spiro atoms. The van der Waals surface area contributed by atoms with Crippen molar-refractivity contribution in [1.29, 1.82) is 0 Å². The van der Waals surface area contributed by atoms with Gasteiger partial charge in [-0.2, -0.15) is 5.10 Å². The molecule has 28 heavy (non-hydrogen) atoms. The van der Waals surface area contributed by atoms with Gasteiger partial charge in [-0.15, -0.1) is 0 Å². The van der Waals surface area contributed by atoms with E-state index in [1.165, 1.54) is 18.7 Å². The van der Waals surface area contributed by atoms with Crippen LogP contribution in [-0.2, 0) is 4.74 Å². The molecule has 0 bridgehead atoms. The van der Waals surface area contributed by atoms with Crippen molar-refractivity contribution in [3.63, 3.8) is 0 Å². The van der Waals surface area contributed by atoms with E-state index in [1.54, 1.807) is 6.20 Å². The lowest BCUT2D eigenvalue weighted by molar-refractivity contribution is -0.0436. The van der Waals surface area contributed by atoms with Crippen molar-refractivity contribution < 1.29 is 9.13 Å². The van der Waals surface area contributed by atoms with Crippen molar-refractivity contribution in [3.8, 4) is 11.4 Å². The average Bonchev–Trinajstić information content (AvgIpc) is 3.35. The van der Waals surface area contributed by atoms with E-state index in [9.17, 15) is 4.39 Å². The highest BCUT2D eigenvalue weighted by Gasteiger charge is 2.35. The van der Waals surface area contributed by atoms with E-state index >= 15 is 0 Å². The van der Waals surface area contributed by atoms with Gasteiger partial charge in [0, 0.05) is 42.9 Å². The van der Waals surface area contributed by atoms with Gasteiger partial charge in [-0.1, -0.05) is 6.92 Å². The molecule has 1 saturated carbocycles. The molecule has 2 aromatic rings. The normalized spacial score (nSPS) is 26.2. The molecule has 0 N–H and O–H groups in total. The fraction of sp³-hybridized carbons (Fsp3) is 0.667. The zero-order valence-electron chi connectivity index (χ0n) is 17.0. The van der Waals surface area contributed by atoms with Gasteiger partial charge >= 0.3 is 0 Å². The molecule has 3 heterocycles. The predicted molar refractivity (Wildman–Crippen MR) is 106 cm³/mol. The van der Waals surface area contributed by atoms with Gasteiger partial charge in [0.2, 0.25) is 0 Å². The van der Waals surface area contributed by atoms with E-state index in [-0.39, 0.29) is 11.9 Å². The van der Waals surface area contributed by atoms with Crippen molar-refractivity contribution in [2.75, 3.05) is 19.7 Å². The number of ether oxygens (including phenoxy) is 1. The lowest BCUT2D eigenvalue weighted by Crippen LogP contribution is -2.46. The molecule has 0 unspecified atom stereocenters. The van der Waals surface area contributed by atoms with Gasteiger partial charge in [-0.25, -0.2) is 14.1 Å². The summed E-state index contributed by atoms with van der Waals surface area (Å²) in [5, 5.41) is 4.69. The quantitative estimate of drug-likeness (QED) is 0.781. The van der Waals surface area contributed by atoms with E-state index < -0.39 is 0 Å². The lowest BCUT2D eigenvalue weighted by atomic mass is 10.1. The highest BCUT2D eigenvalue weighted by Crippen LogP contribution is 2.38. The molecule has 0 amide bonds. The van der Waals surface area contributed by atoms with Crippen LogP contribution < -0.4 is 0 Å². The van der Waals surface area contributed by atoms with Gasteiger partial charge in [0.05, 0.1) is 18.9 Å². The van der Waals surface area contributed by atoms with E-state index in [4.69, 9.17) is 14.8 Å². The molecule has 1 saturated heterocycles. The minimum atomic E-state index is -0.362. The van der Waals surface area contributed by atoms with Gasteiger partial charge in [0.25, 0.3) is 0 Å². The number of morpholine rings is 1. The maximum absolute atomic E-state index is 13.6. The Bertz CT molecular complexity index is 808. The first-order valence-corrected chi connectivity index (χ1v) is 10.5. The average molecular weight is 388 g/mol. The summed E-state index contributed by atoms with van der Waals surface area (Å²) in [6, 6.07) is 2.25. The second kappa shape index (κ2) is 8.25. The second-order valence-corrected chi connectivity index (χ2v) is 8.28. The van der Waals surface area contributed by atoms with Crippen LogP contribution >= 0.6 is 0 Å². The van der Waals surface area contributed by atoms with Crippen LogP contribution in [-0.4, -0.2) is 56.5 Å². The molecule has 152 valence electrons. The number of rotatable bonds is 5. The molecule has 2 aromatic heterocycles. The van der Waals surface area contributed by atoms with E-state index in [0.717, 1.165) is 44.8 Å². The minimum absolute atomic E-state index is 0.213. The highest BCUT2D eigenvalue weighted by molar-refractivity contribution is 5.52. The third kappa shape index (κ3) is 3.96. The summed E-state index contributed by atoms with van der Waals surface area (Å²) in [5.41, 5.74) is 0.633. The number of aromatic nitrogens is 4. The van der Waals surface area contributed by atoms with E-state index in [2.05, 4.69) is 30.7 Å². The van der Waals surface area contributed by atoms with Crippen molar-refractivity contribution in [2.24, 2.45) is 0 Å². The Labute approximate surface area is 166 Å². The third-order valence-corrected chi connectivity index (χ3v) is 6.02. The van der Waals surface area contributed by atoms with E-state index in [0.29, 0.717) is 29.5 Å². The molecule has 3 atom stereocenters. The first kappa shape index (κ1) is 19.5. The zero-order chi connectivity index (χ0) is 19.7. The van der Waals surface area contributed by atoms with Crippen molar-refractivity contribution in [2.45, 2.75) is 70.6 Å². The molecular formula is C21H30FN5O. The number of hydrogen-bond donors (Lipinski definition) is 0. The number of nitrogens with zero attached hydrogens (tertiary/aromatic N) is 5. The van der Waals surface area contributed by atoms with Gasteiger partial charge in [0.1, 0.15) is 11.6 Å². The standard InChI is InChI=1S/C21H30FN5O/c1-4-19-13-26(7-8-28-19)18-6-5-15(10-18)21-24-20(25-27(21)14(2)3)16-9-17(22)12-23-11-16/h9,11-12,14-15,18-19H,4-8,10,13H2,1-3H3/t15-,18+,19-/m0/s1. The predicted octanol–water partition coefficient (Wildman–Crippen LogP) is 3.81. The van der Waals surface area contributed by atoms with Crippen LogP contribution in [0.2, 0.25) is 0 Å². The Morgan fingerprint density at radius 3 is 2.89 bits per heavy atom. The van der Waals surface area contributed by atoms with Crippen LogP contribution in [0.15, 0.2) is 18.5 Å². The minimum Gasteiger partial charge on any atom is -0.376 e. The van der Waals surface area contributed by atoms with Crippen molar-refractivity contribution in [1.82, 2.24) is 24.6 Å². The zero-order valence-corrected chi connectivity index (χ0v) is 17.0. The Balaban J connectivity index is 1.54. The van der Waals surface area contributed by atoms with Gasteiger partial charge in [-0.3, -0.25) is 9.88 Å². The van der Waals surface area contributed by atoms with Gasteiger partial charge < -0.3 is 4.74 Å². The lowest BCUT2D eigenvalue weighted by Gasteiger charge is -2.36. The maximum atomic E-state index is 13.6. The fourth-order valence-electron chi connectivity index (χ4n) is 4.49. The van der Waals surface area contributed by atoms with Crippen LogP contribution in [0.3, 0.4) is 0 Å². The molecule has 1 aliphatic carbocycles. The first-order chi connectivity index (χ1) is 13.5. The summed E-state index contributed by atoms with van der Waals surface area (Å²) in [7, 11) is 0. The summed E-state index contributed by atoms with van der Waals surface area (Å²) < 4.78 is 21.4. The monoisotopic (exact) mass is 387 g/mol. The highest BCUT2D eigenvalue weighted by atomic mass is 19.1. The Hall–Kier alpha value is -1.86. The van der Waals surface area contributed by atoms with Crippen molar-refractivity contribution >= 4 is 0 Å². The van der Waals surface area contributed by atoms with Crippen LogP contribution in [0.25, 0.3) is 11.4 Å². The number of hydrogen-bond acceptors (Lipinski definition) is 5. The summed E-state index contributed by atoms with van der Waals surface area (Å²) in [5.74, 6) is 1.62. The first-order valence-electron chi connectivity index (χ1n) is 10.5. The van der Waals surface area contributed by atoms with Crippen LogP contribution in [0.5, 0.6) is 0 Å². The number of pyridine rings is 1. The van der Waals surface area contributed by atoms with Gasteiger partial charge in [0.15, 0.2) is 5.82 Å². The Morgan fingerprint density at radius 2 is 2.14 bits per heavy atom. The molecule has 6 nitrogen and oxygen atoms in total. The van der Waals surface area contributed by atoms with Crippen LogP contribution in [0, 0.1) is 5.82 Å². The fourth-order valence-corrected chi connectivity index (χ4v) is 4.49. The molecule has 7 heteroatoms.